The molecule has 0 amide bonds. The van der Waals surface area contributed by atoms with Crippen LogP contribution in [0.3, 0.4) is 0 Å². The molecule has 7 aromatic carbocycles. The first kappa shape index (κ1) is 33.2. The molecule has 0 radical (unpaired) electrons. The zero-order valence-corrected chi connectivity index (χ0v) is 31.9. The number of para-hydroxylation sites is 7. The molecule has 0 aliphatic carbocycles. The minimum absolute atomic E-state index is 0.815. The maximum Gasteiger partial charge on any atom is 0.138 e. The van der Waals surface area contributed by atoms with Gasteiger partial charge in [0.2, 0.25) is 0 Å². The Morgan fingerprint density at radius 1 is 0.322 bits per heavy atom. The number of fused-ring (bicyclic) bond motifs is 10. The van der Waals surface area contributed by atoms with Crippen LogP contribution in [0, 0.1) is 0 Å². The summed E-state index contributed by atoms with van der Waals surface area (Å²) in [6, 6.07) is 75.3. The van der Waals surface area contributed by atoms with E-state index in [9.17, 15) is 0 Å². The van der Waals surface area contributed by atoms with Crippen LogP contribution in [-0.4, -0.2) is 19.1 Å². The van der Waals surface area contributed by atoms with Crippen LogP contribution in [0.2, 0.25) is 0 Å². The number of benzene rings is 7. The van der Waals surface area contributed by atoms with Crippen LogP contribution in [-0.2, 0) is 0 Å². The van der Waals surface area contributed by atoms with Crippen LogP contribution < -0.4 is 4.90 Å². The molecule has 12 rings (SSSR count). The third-order valence-corrected chi connectivity index (χ3v) is 11.7. The second-order valence-corrected chi connectivity index (χ2v) is 15.0. The summed E-state index contributed by atoms with van der Waals surface area (Å²) in [4.78, 5) is 13.1. The van der Waals surface area contributed by atoms with Gasteiger partial charge in [-0.05, 0) is 72.8 Å². The molecule has 11 aromatic rings. The van der Waals surface area contributed by atoms with Gasteiger partial charge in [-0.3, -0.25) is 4.57 Å². The highest BCUT2D eigenvalue weighted by Crippen LogP contribution is 2.55. The van der Waals surface area contributed by atoms with Crippen molar-refractivity contribution in [2.45, 2.75) is 0 Å². The Balaban J connectivity index is 1.09. The molecule has 276 valence electrons. The van der Waals surface area contributed by atoms with Crippen molar-refractivity contribution < 1.29 is 0 Å². The Morgan fingerprint density at radius 3 is 1.56 bits per heavy atom. The van der Waals surface area contributed by atoms with E-state index in [1.54, 1.807) is 0 Å². The number of nitrogens with zero attached hydrogens (tertiary/aromatic N) is 5. The highest BCUT2D eigenvalue weighted by Gasteiger charge is 2.32. The van der Waals surface area contributed by atoms with Crippen LogP contribution in [0.1, 0.15) is 0 Å². The van der Waals surface area contributed by atoms with Crippen molar-refractivity contribution in [2.75, 3.05) is 4.90 Å². The zero-order chi connectivity index (χ0) is 38.9. The van der Waals surface area contributed by atoms with Gasteiger partial charge in [0.1, 0.15) is 5.82 Å². The van der Waals surface area contributed by atoms with E-state index in [-0.39, 0.29) is 0 Å². The maximum absolute atomic E-state index is 5.42. The summed E-state index contributed by atoms with van der Waals surface area (Å²) in [6.45, 7) is 0. The molecule has 0 saturated carbocycles. The molecular weight excluding hydrogens is 719 g/mol. The number of hydrogen-bond acceptors (Lipinski definition) is 3. The van der Waals surface area contributed by atoms with Crippen molar-refractivity contribution in [1.82, 2.24) is 19.1 Å². The lowest BCUT2D eigenvalue weighted by Crippen LogP contribution is -2.11. The molecule has 4 aromatic heterocycles. The quantitative estimate of drug-likeness (QED) is 0.176. The Bertz CT molecular complexity index is 3340. The Hall–Kier alpha value is -8.02. The summed E-state index contributed by atoms with van der Waals surface area (Å²) in [5, 5.41) is 3.58. The van der Waals surface area contributed by atoms with Gasteiger partial charge < -0.3 is 9.47 Å². The molecule has 0 spiro atoms. The van der Waals surface area contributed by atoms with Crippen molar-refractivity contribution in [3.63, 3.8) is 0 Å². The maximum atomic E-state index is 5.42. The minimum Gasteiger partial charge on any atom is -0.309 e. The van der Waals surface area contributed by atoms with Crippen LogP contribution in [0.4, 0.5) is 17.1 Å². The molecule has 59 heavy (non-hydrogen) atoms. The van der Waals surface area contributed by atoms with Crippen LogP contribution in [0.25, 0.3) is 89.2 Å². The number of anilines is 3. The van der Waals surface area contributed by atoms with Crippen LogP contribution >= 0.6 is 0 Å². The fourth-order valence-corrected chi connectivity index (χ4v) is 9.23. The molecule has 0 N–H and O–H groups in total. The zero-order valence-electron chi connectivity index (χ0n) is 31.9. The van der Waals surface area contributed by atoms with Crippen molar-refractivity contribution in [1.29, 1.82) is 0 Å². The Kier molecular flexibility index (Phi) is 7.47. The summed E-state index contributed by atoms with van der Waals surface area (Å²) in [7, 11) is 0. The summed E-state index contributed by atoms with van der Waals surface area (Å²) in [5.74, 6) is 0.859. The summed E-state index contributed by atoms with van der Waals surface area (Å²) >= 11 is 0. The van der Waals surface area contributed by atoms with E-state index in [0.717, 1.165) is 84.4 Å². The van der Waals surface area contributed by atoms with Crippen molar-refractivity contribution in [3.05, 3.63) is 212 Å². The number of rotatable bonds is 5. The third kappa shape index (κ3) is 5.12. The molecule has 1 aliphatic heterocycles. The largest absolute Gasteiger partial charge is 0.309 e. The van der Waals surface area contributed by atoms with E-state index in [1.807, 2.05) is 0 Å². The normalized spacial score (nSPS) is 12.0. The first-order valence-electron chi connectivity index (χ1n) is 20.0. The predicted molar refractivity (Wildman–Crippen MR) is 243 cm³/mol. The third-order valence-electron chi connectivity index (χ3n) is 11.7. The standard InChI is InChI=1S/C54H35N5/c1-3-18-36(19-4-1)57-49-33-13-9-24-41(49)52-43-27-15-26-40(53(43)58(37-20-5-2-6-21-37)54(52)42-25-10-14-34-50(42)57)44-28-16-29-45(55-44)46-30-17-35-51(56-46)59-47-31-11-7-22-38(47)39-23-8-12-32-48(39)59/h1-35H. The average molecular weight is 754 g/mol. The lowest BCUT2D eigenvalue weighted by Gasteiger charge is -2.27. The van der Waals surface area contributed by atoms with Crippen molar-refractivity contribution >= 4 is 49.8 Å². The van der Waals surface area contributed by atoms with Crippen molar-refractivity contribution in [2.24, 2.45) is 0 Å². The van der Waals surface area contributed by atoms with E-state index in [4.69, 9.17) is 9.97 Å². The lowest BCUT2D eigenvalue weighted by molar-refractivity contribution is 1.08. The van der Waals surface area contributed by atoms with E-state index < -0.39 is 0 Å². The number of pyridine rings is 2. The first-order valence-corrected chi connectivity index (χ1v) is 20.0. The van der Waals surface area contributed by atoms with Crippen LogP contribution in [0.5, 0.6) is 0 Å². The monoisotopic (exact) mass is 753 g/mol. The Labute approximate surface area is 341 Å². The summed E-state index contributed by atoms with van der Waals surface area (Å²) < 4.78 is 4.72. The second-order valence-electron chi connectivity index (χ2n) is 15.0. The number of aromatic nitrogens is 4. The molecule has 5 heteroatoms. The van der Waals surface area contributed by atoms with Gasteiger partial charge in [-0.25, -0.2) is 9.97 Å². The first-order chi connectivity index (χ1) is 29.3. The molecule has 0 fully saturated rings. The van der Waals surface area contributed by atoms with E-state index in [2.05, 4.69) is 226 Å². The van der Waals surface area contributed by atoms with Gasteiger partial charge in [0.15, 0.2) is 0 Å². The number of hydrogen-bond donors (Lipinski definition) is 0. The fraction of sp³-hybridized carbons (Fsp3) is 0. The molecule has 5 nitrogen and oxygen atoms in total. The fourth-order valence-electron chi connectivity index (χ4n) is 9.23. The van der Waals surface area contributed by atoms with E-state index >= 15 is 0 Å². The highest BCUT2D eigenvalue weighted by atomic mass is 15.2. The van der Waals surface area contributed by atoms with E-state index in [0.29, 0.717) is 0 Å². The molecular formula is C54H35N5. The summed E-state index contributed by atoms with van der Waals surface area (Å²) in [6.07, 6.45) is 0. The molecule has 1 aliphatic rings. The summed E-state index contributed by atoms with van der Waals surface area (Å²) in [5.41, 5.74) is 16.1. The van der Waals surface area contributed by atoms with Gasteiger partial charge in [-0.2, -0.15) is 0 Å². The topological polar surface area (TPSA) is 38.9 Å². The Morgan fingerprint density at radius 2 is 0.831 bits per heavy atom. The van der Waals surface area contributed by atoms with Gasteiger partial charge in [0.25, 0.3) is 0 Å². The highest BCUT2D eigenvalue weighted by molar-refractivity contribution is 6.16. The molecule has 0 unspecified atom stereocenters. The molecule has 0 atom stereocenters. The predicted octanol–water partition coefficient (Wildman–Crippen LogP) is 14.0. The SMILES string of the molecule is c1ccc(N2c3ccccc3-c3c(n(-c4ccccc4)c4c(-c5cccc(-c6cccc(-n7c8ccccc8c8ccccc87)n6)n5)cccc34)-c3ccccc32)cc1. The molecule has 5 heterocycles. The molecule has 0 bridgehead atoms. The van der Waals surface area contributed by atoms with Crippen LogP contribution in [0.15, 0.2) is 212 Å². The average Bonchev–Trinajstić information content (AvgIpc) is 3.80. The van der Waals surface area contributed by atoms with E-state index in [1.165, 1.54) is 21.9 Å². The minimum atomic E-state index is 0.815. The van der Waals surface area contributed by atoms with Gasteiger partial charge >= 0.3 is 0 Å². The van der Waals surface area contributed by atoms with Gasteiger partial charge in [0.05, 0.1) is 50.7 Å². The van der Waals surface area contributed by atoms with Gasteiger partial charge in [0, 0.05) is 49.8 Å². The molecule has 0 saturated heterocycles. The second kappa shape index (κ2) is 13.3. The smallest absolute Gasteiger partial charge is 0.138 e. The van der Waals surface area contributed by atoms with Gasteiger partial charge in [-0.15, -0.1) is 0 Å². The lowest BCUT2D eigenvalue weighted by atomic mass is 9.97. The van der Waals surface area contributed by atoms with Gasteiger partial charge in [-0.1, -0.05) is 140 Å². The van der Waals surface area contributed by atoms with Crippen molar-refractivity contribution in [3.8, 4) is 56.5 Å².